The lowest BCUT2D eigenvalue weighted by molar-refractivity contribution is 0.237. The molecule has 0 aliphatic heterocycles. The first-order valence-electron chi connectivity index (χ1n) is 7.23. The highest BCUT2D eigenvalue weighted by Crippen LogP contribution is 2.30. The lowest BCUT2D eigenvalue weighted by Gasteiger charge is -2.18. The van der Waals surface area contributed by atoms with E-state index in [4.69, 9.17) is 0 Å². The topological polar surface area (TPSA) is 23.5 Å². The van der Waals surface area contributed by atoms with Gasteiger partial charge in [-0.2, -0.15) is 0 Å². The van der Waals surface area contributed by atoms with Crippen molar-refractivity contribution in [2.45, 2.75) is 13.0 Å². The number of nitrogens with zero attached hydrogens (tertiary/aromatic N) is 1. The van der Waals surface area contributed by atoms with E-state index < -0.39 is 6.10 Å². The number of aliphatic hydroxyl groups excluding tert-OH is 1. The first kappa shape index (κ1) is 15.5. The molecular formula is C19H23NO. The van der Waals surface area contributed by atoms with Gasteiger partial charge in [-0.15, -0.1) is 0 Å². The van der Waals surface area contributed by atoms with E-state index in [1.165, 1.54) is 5.56 Å². The van der Waals surface area contributed by atoms with Crippen molar-refractivity contribution < 1.29 is 5.11 Å². The summed E-state index contributed by atoms with van der Waals surface area (Å²) in [5.41, 5.74) is 4.16. The van der Waals surface area contributed by atoms with Crippen LogP contribution in [0.5, 0.6) is 0 Å². The van der Waals surface area contributed by atoms with Crippen LogP contribution in [-0.4, -0.2) is 30.6 Å². The van der Waals surface area contributed by atoms with Crippen molar-refractivity contribution in [1.82, 2.24) is 4.90 Å². The second-order valence-electron chi connectivity index (χ2n) is 5.60. The third kappa shape index (κ3) is 4.28. The molecule has 0 saturated heterocycles. The van der Waals surface area contributed by atoms with E-state index in [0.29, 0.717) is 0 Å². The fourth-order valence-corrected chi connectivity index (χ4v) is 2.23. The fraction of sp³-hybridized carbons (Fsp3) is 0.263. The number of hydrogen-bond acceptors (Lipinski definition) is 2. The Bertz CT molecular complexity index is 585. The predicted molar refractivity (Wildman–Crippen MR) is 89.1 cm³/mol. The Morgan fingerprint density at radius 1 is 1.05 bits per heavy atom. The van der Waals surface area contributed by atoms with Gasteiger partial charge in [0.15, 0.2) is 0 Å². The zero-order valence-electron chi connectivity index (χ0n) is 13.0. The second-order valence-corrected chi connectivity index (χ2v) is 5.60. The average molecular weight is 281 g/mol. The smallest absolute Gasteiger partial charge is 0.104 e. The van der Waals surface area contributed by atoms with Gasteiger partial charge in [-0.1, -0.05) is 66.2 Å². The quantitative estimate of drug-likeness (QED) is 0.904. The van der Waals surface area contributed by atoms with E-state index in [1.54, 1.807) is 0 Å². The largest absolute Gasteiger partial charge is 0.384 e. The van der Waals surface area contributed by atoms with Gasteiger partial charge in [0.25, 0.3) is 0 Å². The molecule has 0 spiro atoms. The normalized spacial score (nSPS) is 13.5. The number of likely N-dealkylation sites (N-methyl/N-ethyl adjacent to an activating group) is 1. The summed E-state index contributed by atoms with van der Waals surface area (Å²) in [5, 5.41) is 10.7. The Balaban J connectivity index is 2.36. The van der Waals surface area contributed by atoms with Crippen molar-refractivity contribution in [2.24, 2.45) is 0 Å². The maximum atomic E-state index is 10.7. The second kappa shape index (κ2) is 7.21. The third-order valence-corrected chi connectivity index (χ3v) is 3.47. The van der Waals surface area contributed by atoms with E-state index >= 15 is 0 Å². The number of aliphatic hydroxyl groups is 1. The van der Waals surface area contributed by atoms with Crippen molar-refractivity contribution in [1.29, 1.82) is 0 Å². The molecule has 110 valence electrons. The average Bonchev–Trinajstić information content (AvgIpc) is 2.49. The van der Waals surface area contributed by atoms with E-state index in [-0.39, 0.29) is 0 Å². The van der Waals surface area contributed by atoms with Gasteiger partial charge in [0.2, 0.25) is 0 Å². The van der Waals surface area contributed by atoms with Gasteiger partial charge in [0.1, 0.15) is 6.10 Å². The van der Waals surface area contributed by atoms with Gasteiger partial charge >= 0.3 is 0 Å². The molecule has 0 radical (unpaired) electrons. The van der Waals surface area contributed by atoms with Gasteiger partial charge in [0.05, 0.1) is 0 Å². The summed E-state index contributed by atoms with van der Waals surface area (Å²) >= 11 is 0. The van der Waals surface area contributed by atoms with E-state index in [2.05, 4.69) is 42.2 Å². The lowest BCUT2D eigenvalue weighted by atomic mass is 9.94. The first-order chi connectivity index (χ1) is 10.1. The van der Waals surface area contributed by atoms with Gasteiger partial charge in [-0.05, 0) is 37.7 Å². The standard InChI is InChI=1S/C19H23NO/c1-15-9-11-16(12-10-15)18(13-14-20(2)3)19(21)17-7-5-4-6-8-17/h4-13,19,21H,14H2,1-3H3/b18-13+. The molecule has 1 atom stereocenters. The van der Waals surface area contributed by atoms with Crippen LogP contribution in [0.1, 0.15) is 22.8 Å². The highest BCUT2D eigenvalue weighted by molar-refractivity contribution is 5.70. The third-order valence-electron chi connectivity index (χ3n) is 3.47. The highest BCUT2D eigenvalue weighted by atomic mass is 16.3. The molecule has 0 aliphatic rings. The minimum absolute atomic E-state index is 0.603. The monoisotopic (exact) mass is 281 g/mol. The maximum Gasteiger partial charge on any atom is 0.104 e. The molecule has 21 heavy (non-hydrogen) atoms. The molecule has 2 rings (SSSR count). The van der Waals surface area contributed by atoms with E-state index in [1.807, 2.05) is 44.4 Å². The molecule has 0 aliphatic carbocycles. The number of aryl methyl sites for hydroxylation is 1. The predicted octanol–water partition coefficient (Wildman–Crippen LogP) is 3.67. The van der Waals surface area contributed by atoms with Crippen molar-refractivity contribution in [2.75, 3.05) is 20.6 Å². The molecule has 2 aromatic rings. The van der Waals surface area contributed by atoms with Crippen molar-refractivity contribution >= 4 is 5.57 Å². The van der Waals surface area contributed by atoms with Crippen LogP contribution in [0.15, 0.2) is 60.7 Å². The molecule has 1 N–H and O–H groups in total. The van der Waals surface area contributed by atoms with Crippen LogP contribution in [0.25, 0.3) is 5.57 Å². The molecular weight excluding hydrogens is 258 g/mol. The fourth-order valence-electron chi connectivity index (χ4n) is 2.23. The summed E-state index contributed by atoms with van der Waals surface area (Å²) in [6.07, 6.45) is 1.50. The minimum atomic E-state index is -0.603. The maximum absolute atomic E-state index is 10.7. The summed E-state index contributed by atoms with van der Waals surface area (Å²) in [7, 11) is 4.05. The highest BCUT2D eigenvalue weighted by Gasteiger charge is 2.14. The van der Waals surface area contributed by atoms with Crippen molar-refractivity contribution in [3.8, 4) is 0 Å². The molecule has 0 amide bonds. The molecule has 0 saturated carbocycles. The Morgan fingerprint density at radius 2 is 1.67 bits per heavy atom. The minimum Gasteiger partial charge on any atom is -0.384 e. The zero-order valence-corrected chi connectivity index (χ0v) is 13.0. The molecule has 2 aromatic carbocycles. The summed E-state index contributed by atoms with van der Waals surface area (Å²) in [6.45, 7) is 2.87. The Morgan fingerprint density at radius 3 is 2.24 bits per heavy atom. The Hall–Kier alpha value is -1.90. The summed E-state index contributed by atoms with van der Waals surface area (Å²) in [6, 6.07) is 18.1. The van der Waals surface area contributed by atoms with Crippen molar-refractivity contribution in [3.63, 3.8) is 0 Å². The molecule has 1 unspecified atom stereocenters. The van der Waals surface area contributed by atoms with Gasteiger partial charge in [-0.3, -0.25) is 0 Å². The van der Waals surface area contributed by atoms with Crippen LogP contribution in [-0.2, 0) is 0 Å². The summed E-state index contributed by atoms with van der Waals surface area (Å²) in [4.78, 5) is 2.09. The molecule has 0 fully saturated rings. The molecule has 2 nitrogen and oxygen atoms in total. The molecule has 0 heterocycles. The van der Waals surface area contributed by atoms with Crippen LogP contribution in [0.3, 0.4) is 0 Å². The van der Waals surface area contributed by atoms with Crippen LogP contribution in [0, 0.1) is 6.92 Å². The number of hydrogen-bond donors (Lipinski definition) is 1. The van der Waals surface area contributed by atoms with Crippen LogP contribution >= 0.6 is 0 Å². The SMILES string of the molecule is Cc1ccc(/C(=C\CN(C)C)C(O)c2ccccc2)cc1. The van der Waals surface area contributed by atoms with E-state index in [9.17, 15) is 5.11 Å². The Labute approximate surface area is 127 Å². The number of rotatable bonds is 5. The molecule has 0 aromatic heterocycles. The van der Waals surface area contributed by atoms with Crippen LogP contribution in [0.2, 0.25) is 0 Å². The number of benzene rings is 2. The van der Waals surface area contributed by atoms with Crippen LogP contribution in [0.4, 0.5) is 0 Å². The zero-order chi connectivity index (χ0) is 15.2. The van der Waals surface area contributed by atoms with Crippen molar-refractivity contribution in [3.05, 3.63) is 77.4 Å². The Kier molecular flexibility index (Phi) is 5.32. The van der Waals surface area contributed by atoms with Gasteiger partial charge in [-0.25, -0.2) is 0 Å². The molecule has 0 bridgehead atoms. The van der Waals surface area contributed by atoms with Crippen LogP contribution < -0.4 is 0 Å². The summed E-state index contributed by atoms with van der Waals surface area (Å²) < 4.78 is 0. The van der Waals surface area contributed by atoms with Gasteiger partial charge < -0.3 is 10.0 Å². The van der Waals surface area contributed by atoms with Gasteiger partial charge in [0, 0.05) is 6.54 Å². The first-order valence-corrected chi connectivity index (χ1v) is 7.23. The van der Waals surface area contributed by atoms with E-state index in [0.717, 1.165) is 23.2 Å². The lowest BCUT2D eigenvalue weighted by Crippen LogP contribution is -2.12. The summed E-state index contributed by atoms with van der Waals surface area (Å²) in [5.74, 6) is 0. The molecule has 2 heteroatoms.